The maximum Gasteiger partial charge on any atom is 0.417 e. The molecule has 1 aromatic carbocycles. The average molecular weight is 354 g/mol. The number of carbonyl (C=O) groups is 2. The molecule has 8 heteroatoms. The van der Waals surface area contributed by atoms with E-state index in [9.17, 15) is 22.8 Å². The van der Waals surface area contributed by atoms with E-state index in [1.165, 1.54) is 13.0 Å². The highest BCUT2D eigenvalue weighted by Crippen LogP contribution is 2.35. The molecule has 0 radical (unpaired) electrons. The molecule has 20 heavy (non-hydrogen) atoms. The second-order valence-corrected chi connectivity index (χ2v) is 4.77. The van der Waals surface area contributed by atoms with Gasteiger partial charge in [0.25, 0.3) is 5.91 Å². The third-order valence-electron chi connectivity index (χ3n) is 2.44. The van der Waals surface area contributed by atoms with Crippen LogP contribution in [0.1, 0.15) is 22.8 Å². The molecule has 0 aliphatic heterocycles. The van der Waals surface area contributed by atoms with E-state index in [1.807, 2.05) is 0 Å². The summed E-state index contributed by atoms with van der Waals surface area (Å²) in [5.74, 6) is -1.48. The first-order valence-corrected chi connectivity index (χ1v) is 6.21. The lowest BCUT2D eigenvalue weighted by atomic mass is 10.1. The van der Waals surface area contributed by atoms with E-state index in [4.69, 9.17) is 0 Å². The minimum absolute atomic E-state index is 0.164. The molecule has 0 heterocycles. The third kappa shape index (κ3) is 3.96. The first kappa shape index (κ1) is 16.5. The molecule has 1 N–H and O–H groups in total. The highest BCUT2D eigenvalue weighted by atomic mass is 79.9. The van der Waals surface area contributed by atoms with Gasteiger partial charge in [0.2, 0.25) is 0 Å². The van der Waals surface area contributed by atoms with E-state index in [1.54, 1.807) is 0 Å². The highest BCUT2D eigenvalue weighted by Gasteiger charge is 2.33. The van der Waals surface area contributed by atoms with Gasteiger partial charge >= 0.3 is 12.1 Å². The fraction of sp³-hybridized carbons (Fsp3) is 0.333. The summed E-state index contributed by atoms with van der Waals surface area (Å²) in [6.07, 6.45) is -4.58. The number of hydrogen-bond donors (Lipinski definition) is 1. The van der Waals surface area contributed by atoms with Crippen LogP contribution in [0.15, 0.2) is 22.7 Å². The summed E-state index contributed by atoms with van der Waals surface area (Å²) in [5, 5.41) is 2.25. The van der Waals surface area contributed by atoms with Crippen LogP contribution in [-0.2, 0) is 15.7 Å². The Bertz CT molecular complexity index is 531. The van der Waals surface area contributed by atoms with Crippen LogP contribution in [0.3, 0.4) is 0 Å². The van der Waals surface area contributed by atoms with Crippen LogP contribution < -0.4 is 5.32 Å². The normalized spacial score (nSPS) is 12.7. The quantitative estimate of drug-likeness (QED) is 0.850. The topological polar surface area (TPSA) is 55.4 Å². The Kier molecular flexibility index (Phi) is 5.15. The van der Waals surface area contributed by atoms with Crippen molar-refractivity contribution >= 4 is 27.8 Å². The van der Waals surface area contributed by atoms with Crippen molar-refractivity contribution in [1.82, 2.24) is 5.32 Å². The van der Waals surface area contributed by atoms with Crippen molar-refractivity contribution in [2.24, 2.45) is 0 Å². The molecular formula is C12H11BrF3NO3. The smallest absolute Gasteiger partial charge is 0.417 e. The Morgan fingerprint density at radius 3 is 2.45 bits per heavy atom. The van der Waals surface area contributed by atoms with Crippen molar-refractivity contribution < 1.29 is 27.5 Å². The Balaban J connectivity index is 2.98. The summed E-state index contributed by atoms with van der Waals surface area (Å²) in [7, 11) is 1.15. The summed E-state index contributed by atoms with van der Waals surface area (Å²) in [6.45, 7) is 1.37. The minimum Gasteiger partial charge on any atom is -0.467 e. The number of amides is 1. The van der Waals surface area contributed by atoms with E-state index >= 15 is 0 Å². The lowest BCUT2D eigenvalue weighted by Crippen LogP contribution is -2.39. The lowest BCUT2D eigenvalue weighted by molar-refractivity contribution is -0.142. The maximum absolute atomic E-state index is 12.7. The standard InChI is InChI=1S/C12H11BrF3NO3/c1-6(11(19)20-2)17-10(18)7-3-4-9(13)8(5-7)12(14,15)16/h3-6H,1-2H3,(H,17,18)/t6-/m0/s1. The largest absolute Gasteiger partial charge is 0.467 e. The highest BCUT2D eigenvalue weighted by molar-refractivity contribution is 9.10. The van der Waals surface area contributed by atoms with Crippen LogP contribution in [0, 0.1) is 0 Å². The van der Waals surface area contributed by atoms with Gasteiger partial charge in [0.05, 0.1) is 12.7 Å². The molecule has 0 saturated carbocycles. The molecule has 0 saturated heterocycles. The molecule has 110 valence electrons. The Hall–Kier alpha value is -1.57. The van der Waals surface area contributed by atoms with Gasteiger partial charge in [-0.2, -0.15) is 13.2 Å². The van der Waals surface area contributed by atoms with Crippen LogP contribution in [0.25, 0.3) is 0 Å². The van der Waals surface area contributed by atoms with Gasteiger partial charge in [-0.15, -0.1) is 0 Å². The fourth-order valence-electron chi connectivity index (χ4n) is 1.40. The second kappa shape index (κ2) is 6.25. The minimum atomic E-state index is -4.58. The summed E-state index contributed by atoms with van der Waals surface area (Å²) >= 11 is 2.77. The summed E-state index contributed by atoms with van der Waals surface area (Å²) in [5.41, 5.74) is -1.16. The van der Waals surface area contributed by atoms with E-state index in [0.29, 0.717) is 6.07 Å². The van der Waals surface area contributed by atoms with Gasteiger partial charge in [-0.25, -0.2) is 4.79 Å². The average Bonchev–Trinajstić information content (AvgIpc) is 2.36. The zero-order valence-corrected chi connectivity index (χ0v) is 12.1. The molecule has 4 nitrogen and oxygen atoms in total. The van der Waals surface area contributed by atoms with Crippen molar-refractivity contribution in [1.29, 1.82) is 0 Å². The van der Waals surface area contributed by atoms with Gasteiger partial charge in [0.15, 0.2) is 0 Å². The number of carbonyl (C=O) groups excluding carboxylic acids is 2. The van der Waals surface area contributed by atoms with Crippen molar-refractivity contribution in [3.8, 4) is 0 Å². The molecule has 0 aromatic heterocycles. The molecule has 1 atom stereocenters. The Labute approximate surface area is 121 Å². The van der Waals surface area contributed by atoms with Crippen molar-refractivity contribution in [2.75, 3.05) is 7.11 Å². The van der Waals surface area contributed by atoms with Crippen molar-refractivity contribution in [3.63, 3.8) is 0 Å². The van der Waals surface area contributed by atoms with Crippen LogP contribution >= 0.6 is 15.9 Å². The number of methoxy groups -OCH3 is 1. The lowest BCUT2D eigenvalue weighted by Gasteiger charge is -2.13. The Morgan fingerprint density at radius 1 is 1.35 bits per heavy atom. The van der Waals surface area contributed by atoms with Gasteiger partial charge in [-0.1, -0.05) is 15.9 Å². The zero-order chi connectivity index (χ0) is 15.5. The maximum atomic E-state index is 12.7. The molecule has 1 rings (SSSR count). The van der Waals surface area contributed by atoms with Gasteiger partial charge in [-0.05, 0) is 25.1 Å². The molecule has 1 amide bonds. The van der Waals surface area contributed by atoms with E-state index in [-0.39, 0.29) is 10.0 Å². The van der Waals surface area contributed by atoms with Crippen LogP contribution in [-0.4, -0.2) is 25.0 Å². The Morgan fingerprint density at radius 2 is 1.95 bits per heavy atom. The first-order chi connectivity index (χ1) is 9.16. The molecule has 0 fully saturated rings. The second-order valence-electron chi connectivity index (χ2n) is 3.91. The molecule has 0 aliphatic carbocycles. The molecule has 0 aliphatic rings. The van der Waals surface area contributed by atoms with E-state index in [2.05, 4.69) is 26.0 Å². The van der Waals surface area contributed by atoms with Crippen molar-refractivity contribution in [2.45, 2.75) is 19.1 Å². The number of esters is 1. The summed E-state index contributed by atoms with van der Waals surface area (Å²) in [6, 6.07) is 2.10. The van der Waals surface area contributed by atoms with Gasteiger partial charge in [-0.3, -0.25) is 4.79 Å². The van der Waals surface area contributed by atoms with E-state index in [0.717, 1.165) is 13.2 Å². The SMILES string of the molecule is COC(=O)[C@H](C)NC(=O)c1ccc(Br)c(C(F)(F)F)c1. The fourth-order valence-corrected chi connectivity index (χ4v) is 1.87. The predicted molar refractivity (Wildman–Crippen MR) is 68.1 cm³/mol. The first-order valence-electron chi connectivity index (χ1n) is 5.42. The number of benzene rings is 1. The van der Waals surface area contributed by atoms with Crippen LogP contribution in [0.5, 0.6) is 0 Å². The number of alkyl halides is 3. The molecule has 0 spiro atoms. The van der Waals surface area contributed by atoms with Gasteiger partial charge in [0, 0.05) is 10.0 Å². The monoisotopic (exact) mass is 353 g/mol. The molecule has 0 unspecified atom stereocenters. The summed E-state index contributed by atoms with van der Waals surface area (Å²) in [4.78, 5) is 22.9. The summed E-state index contributed by atoms with van der Waals surface area (Å²) < 4.78 is 42.3. The molecule has 1 aromatic rings. The molecule has 0 bridgehead atoms. The number of nitrogens with one attached hydrogen (secondary N) is 1. The number of rotatable bonds is 3. The third-order valence-corrected chi connectivity index (χ3v) is 3.13. The number of halogens is 4. The molecular weight excluding hydrogens is 343 g/mol. The number of ether oxygens (including phenoxy) is 1. The zero-order valence-electron chi connectivity index (χ0n) is 10.5. The van der Waals surface area contributed by atoms with Gasteiger partial charge < -0.3 is 10.1 Å². The van der Waals surface area contributed by atoms with Gasteiger partial charge in [0.1, 0.15) is 6.04 Å². The van der Waals surface area contributed by atoms with Crippen LogP contribution in [0.2, 0.25) is 0 Å². The van der Waals surface area contributed by atoms with E-state index < -0.39 is 29.7 Å². The predicted octanol–water partition coefficient (Wildman–Crippen LogP) is 2.76. The van der Waals surface area contributed by atoms with Crippen molar-refractivity contribution in [3.05, 3.63) is 33.8 Å². The number of hydrogen-bond acceptors (Lipinski definition) is 3. The van der Waals surface area contributed by atoms with Crippen LogP contribution in [0.4, 0.5) is 13.2 Å².